The van der Waals surface area contributed by atoms with E-state index in [-0.39, 0.29) is 35.6 Å². The number of alkyl halides is 1. The molecule has 0 saturated heterocycles. The molecule has 4 nitrogen and oxygen atoms in total. The minimum absolute atomic E-state index is 0.0409. The quantitative estimate of drug-likeness (QED) is 0.242. The van der Waals surface area contributed by atoms with Crippen LogP contribution in [0.15, 0.2) is 55.0 Å². The SMILES string of the molecule is C=C/C(=C\C(=C)OCCCF)C(=O)c1cccnc1C#N. The molecule has 5 heteroatoms. The number of halogens is 1. The summed E-state index contributed by atoms with van der Waals surface area (Å²) in [4.78, 5) is 16.2. The summed E-state index contributed by atoms with van der Waals surface area (Å²) in [7, 11) is 0. The smallest absolute Gasteiger partial charge is 0.196 e. The molecule has 21 heavy (non-hydrogen) atoms. The molecule has 0 aliphatic heterocycles. The van der Waals surface area contributed by atoms with Crippen LogP contribution >= 0.6 is 0 Å². The molecule has 0 aromatic carbocycles. The first-order valence-corrected chi connectivity index (χ1v) is 6.25. The van der Waals surface area contributed by atoms with Crippen LogP contribution in [-0.2, 0) is 4.74 Å². The van der Waals surface area contributed by atoms with Crippen molar-refractivity contribution < 1.29 is 13.9 Å². The van der Waals surface area contributed by atoms with Crippen molar-refractivity contribution in [3.63, 3.8) is 0 Å². The number of rotatable bonds is 8. The zero-order chi connectivity index (χ0) is 15.7. The first-order valence-electron chi connectivity index (χ1n) is 6.25. The number of ketones is 1. The topological polar surface area (TPSA) is 63.0 Å². The third-order valence-corrected chi connectivity index (χ3v) is 2.52. The number of hydrogen-bond acceptors (Lipinski definition) is 4. The largest absolute Gasteiger partial charge is 0.494 e. The predicted octanol–water partition coefficient (Wildman–Crippen LogP) is 3.14. The number of Topliss-reactive ketones (excluding diaryl/α,β-unsaturated/α-hetero) is 1. The maximum Gasteiger partial charge on any atom is 0.196 e. The molecule has 0 N–H and O–H groups in total. The van der Waals surface area contributed by atoms with Crippen molar-refractivity contribution >= 4 is 5.78 Å². The van der Waals surface area contributed by atoms with Crippen molar-refractivity contribution in [2.45, 2.75) is 6.42 Å². The Bertz CT molecular complexity index is 615. The van der Waals surface area contributed by atoms with Crippen molar-refractivity contribution in [3.05, 3.63) is 66.2 Å². The first kappa shape index (κ1) is 16.3. The van der Waals surface area contributed by atoms with Gasteiger partial charge in [0.15, 0.2) is 11.5 Å². The molecule has 0 amide bonds. The fourth-order valence-corrected chi connectivity index (χ4v) is 1.52. The lowest BCUT2D eigenvalue weighted by molar-refractivity contribution is 0.103. The number of nitrogens with zero attached hydrogens (tertiary/aromatic N) is 2. The van der Waals surface area contributed by atoms with Crippen molar-refractivity contribution in [3.8, 4) is 6.07 Å². The van der Waals surface area contributed by atoms with E-state index in [1.54, 1.807) is 6.07 Å². The number of aromatic nitrogens is 1. The molecule has 0 spiro atoms. The minimum atomic E-state index is -0.481. The normalized spacial score (nSPS) is 10.6. The summed E-state index contributed by atoms with van der Waals surface area (Å²) < 4.78 is 17.1. The molecule has 0 atom stereocenters. The zero-order valence-corrected chi connectivity index (χ0v) is 11.5. The molecule has 0 aliphatic rings. The second-order valence-electron chi connectivity index (χ2n) is 4.00. The van der Waals surface area contributed by atoms with Gasteiger partial charge in [0.1, 0.15) is 11.8 Å². The van der Waals surface area contributed by atoms with Crippen molar-refractivity contribution in [2.24, 2.45) is 0 Å². The summed E-state index contributed by atoms with van der Waals surface area (Å²) in [5.74, 6) is -0.168. The van der Waals surface area contributed by atoms with Gasteiger partial charge >= 0.3 is 0 Å². The van der Waals surface area contributed by atoms with E-state index in [1.165, 1.54) is 24.4 Å². The molecule has 0 radical (unpaired) electrons. The van der Waals surface area contributed by atoms with Crippen LogP contribution in [0.2, 0.25) is 0 Å². The Labute approximate surface area is 122 Å². The first-order chi connectivity index (χ1) is 10.1. The molecular formula is C16H15FN2O2. The van der Waals surface area contributed by atoms with Gasteiger partial charge in [-0.15, -0.1) is 0 Å². The highest BCUT2D eigenvalue weighted by molar-refractivity contribution is 6.11. The summed E-state index contributed by atoms with van der Waals surface area (Å²) in [6, 6.07) is 4.94. The zero-order valence-electron chi connectivity index (χ0n) is 11.5. The summed E-state index contributed by atoms with van der Waals surface area (Å²) >= 11 is 0. The van der Waals surface area contributed by atoms with Crippen molar-refractivity contribution in [1.82, 2.24) is 4.98 Å². The van der Waals surface area contributed by atoms with Crippen LogP contribution in [0.5, 0.6) is 0 Å². The van der Waals surface area contributed by atoms with E-state index in [0.29, 0.717) is 0 Å². The van der Waals surface area contributed by atoms with Gasteiger partial charge in [-0.2, -0.15) is 5.26 Å². The second-order valence-corrected chi connectivity index (χ2v) is 4.00. The molecule has 0 saturated carbocycles. The van der Waals surface area contributed by atoms with Gasteiger partial charge in [-0.25, -0.2) is 4.98 Å². The summed E-state index contributed by atoms with van der Waals surface area (Å²) in [5, 5.41) is 8.96. The second kappa shape index (κ2) is 8.43. The predicted molar refractivity (Wildman–Crippen MR) is 77.2 cm³/mol. The minimum Gasteiger partial charge on any atom is -0.494 e. The van der Waals surface area contributed by atoms with E-state index < -0.39 is 12.5 Å². The van der Waals surface area contributed by atoms with Gasteiger partial charge < -0.3 is 4.74 Å². The number of carbonyl (C=O) groups is 1. The lowest BCUT2D eigenvalue weighted by atomic mass is 10.0. The van der Waals surface area contributed by atoms with Gasteiger partial charge in [0.2, 0.25) is 0 Å². The van der Waals surface area contributed by atoms with Crippen LogP contribution in [0, 0.1) is 11.3 Å². The Morgan fingerprint density at radius 3 is 2.95 bits per heavy atom. The van der Waals surface area contributed by atoms with E-state index in [1.807, 2.05) is 6.07 Å². The Morgan fingerprint density at radius 1 is 1.57 bits per heavy atom. The Balaban J connectivity index is 2.94. The third-order valence-electron chi connectivity index (χ3n) is 2.52. The molecule has 1 aromatic rings. The number of carbonyl (C=O) groups excluding carboxylic acids is 1. The highest BCUT2D eigenvalue weighted by atomic mass is 19.1. The highest BCUT2D eigenvalue weighted by Gasteiger charge is 2.15. The van der Waals surface area contributed by atoms with Crippen LogP contribution in [0.1, 0.15) is 22.5 Å². The number of nitriles is 1. The molecule has 1 heterocycles. The van der Waals surface area contributed by atoms with E-state index in [4.69, 9.17) is 10.00 Å². The maximum atomic E-state index is 12.3. The maximum absolute atomic E-state index is 12.3. The number of ether oxygens (including phenoxy) is 1. The fraction of sp³-hybridized carbons (Fsp3) is 0.188. The summed E-state index contributed by atoms with van der Waals surface area (Å²) in [6.07, 6.45) is 4.44. The van der Waals surface area contributed by atoms with E-state index in [9.17, 15) is 9.18 Å². The molecule has 1 rings (SSSR count). The van der Waals surface area contributed by atoms with Crippen molar-refractivity contribution in [1.29, 1.82) is 5.26 Å². The monoisotopic (exact) mass is 286 g/mol. The van der Waals surface area contributed by atoms with Crippen LogP contribution in [-0.4, -0.2) is 24.0 Å². The van der Waals surface area contributed by atoms with Gasteiger partial charge in [0.05, 0.1) is 18.8 Å². The van der Waals surface area contributed by atoms with Crippen LogP contribution in [0.3, 0.4) is 0 Å². The average Bonchev–Trinajstić information content (AvgIpc) is 2.52. The van der Waals surface area contributed by atoms with E-state index in [0.717, 1.165) is 0 Å². The number of pyridine rings is 1. The Hall–Kier alpha value is -2.74. The average molecular weight is 286 g/mol. The standard InChI is InChI=1S/C16H15FN2O2/c1-3-13(10-12(2)21-9-5-7-17)16(20)14-6-4-8-19-15(14)11-18/h3-4,6,8,10H,1-2,5,7,9H2/b13-10+. The summed E-state index contributed by atoms with van der Waals surface area (Å²) in [6.45, 7) is 6.90. The molecular weight excluding hydrogens is 271 g/mol. The van der Waals surface area contributed by atoms with Crippen LogP contribution < -0.4 is 0 Å². The van der Waals surface area contributed by atoms with Crippen LogP contribution in [0.4, 0.5) is 4.39 Å². The van der Waals surface area contributed by atoms with Gasteiger partial charge in [-0.1, -0.05) is 19.2 Å². The van der Waals surface area contributed by atoms with Crippen molar-refractivity contribution in [2.75, 3.05) is 13.3 Å². The summed E-state index contributed by atoms with van der Waals surface area (Å²) in [5.41, 5.74) is 0.451. The number of hydrogen-bond donors (Lipinski definition) is 0. The van der Waals surface area contributed by atoms with Gasteiger partial charge in [0, 0.05) is 18.2 Å². The van der Waals surface area contributed by atoms with Gasteiger partial charge in [-0.05, 0) is 18.2 Å². The Morgan fingerprint density at radius 2 is 2.33 bits per heavy atom. The molecule has 108 valence electrons. The van der Waals surface area contributed by atoms with E-state index >= 15 is 0 Å². The van der Waals surface area contributed by atoms with Gasteiger partial charge in [0.25, 0.3) is 0 Å². The third kappa shape index (κ3) is 4.69. The fourth-order valence-electron chi connectivity index (χ4n) is 1.52. The Kier molecular flexibility index (Phi) is 6.55. The van der Waals surface area contributed by atoms with E-state index in [2.05, 4.69) is 18.1 Å². The molecule has 0 bridgehead atoms. The molecule has 0 fully saturated rings. The van der Waals surface area contributed by atoms with Crippen LogP contribution in [0.25, 0.3) is 0 Å². The lowest BCUT2D eigenvalue weighted by Gasteiger charge is -2.07. The number of allylic oxidation sites excluding steroid dienone is 3. The lowest BCUT2D eigenvalue weighted by Crippen LogP contribution is -2.06. The molecule has 0 aliphatic carbocycles. The molecule has 1 aromatic heterocycles. The van der Waals surface area contributed by atoms with Gasteiger partial charge in [-0.3, -0.25) is 9.18 Å². The molecule has 0 unspecified atom stereocenters. The highest BCUT2D eigenvalue weighted by Crippen LogP contribution is 2.14.